The number of hydrogen-bond acceptors (Lipinski definition) is 2. The number of rotatable bonds is 4. The molecule has 0 saturated heterocycles. The largest absolute Gasteiger partial charge is 0.348 e. The smallest absolute Gasteiger partial charge is 0.251 e. The lowest BCUT2D eigenvalue weighted by atomic mass is 10.1. The Balaban J connectivity index is 1.99. The van der Waals surface area contributed by atoms with Crippen molar-refractivity contribution in [3.63, 3.8) is 0 Å². The first kappa shape index (κ1) is 17.7. The third-order valence-electron chi connectivity index (χ3n) is 3.30. The number of amides is 2. The Morgan fingerprint density at radius 1 is 0.917 bits per heavy atom. The van der Waals surface area contributed by atoms with Crippen LogP contribution in [-0.4, -0.2) is 17.4 Å². The topological polar surface area (TPSA) is 58.2 Å². The van der Waals surface area contributed by atoms with Gasteiger partial charge in [0.05, 0.1) is 0 Å². The van der Waals surface area contributed by atoms with Crippen LogP contribution in [0.4, 0.5) is 4.39 Å². The second-order valence-corrected chi connectivity index (χ2v) is 6.56. The van der Waals surface area contributed by atoms with E-state index in [1.165, 1.54) is 6.07 Å². The van der Waals surface area contributed by atoms with E-state index in [4.69, 9.17) is 0 Å². The van der Waals surface area contributed by atoms with Gasteiger partial charge in [-0.1, -0.05) is 18.2 Å². The van der Waals surface area contributed by atoms with Crippen LogP contribution in [0.15, 0.2) is 48.5 Å². The summed E-state index contributed by atoms with van der Waals surface area (Å²) in [6.45, 7) is 5.80. The van der Waals surface area contributed by atoms with E-state index in [0.29, 0.717) is 16.7 Å². The zero-order valence-electron chi connectivity index (χ0n) is 14.0. The Bertz CT molecular complexity index is 734. The highest BCUT2D eigenvalue weighted by Crippen LogP contribution is 2.09. The summed E-state index contributed by atoms with van der Waals surface area (Å²) < 4.78 is 13.5. The van der Waals surface area contributed by atoms with Crippen molar-refractivity contribution in [2.75, 3.05) is 0 Å². The van der Waals surface area contributed by atoms with Gasteiger partial charge >= 0.3 is 0 Å². The van der Waals surface area contributed by atoms with E-state index in [1.54, 1.807) is 42.5 Å². The van der Waals surface area contributed by atoms with Crippen molar-refractivity contribution in [3.8, 4) is 0 Å². The number of carbonyl (C=O) groups is 2. The summed E-state index contributed by atoms with van der Waals surface area (Å²) in [7, 11) is 0. The number of nitrogens with one attached hydrogen (secondary N) is 2. The Morgan fingerprint density at radius 3 is 2.00 bits per heavy atom. The van der Waals surface area contributed by atoms with Gasteiger partial charge in [0.15, 0.2) is 0 Å². The molecule has 4 nitrogen and oxygen atoms in total. The van der Waals surface area contributed by atoms with Crippen LogP contribution in [-0.2, 0) is 6.54 Å². The highest BCUT2D eigenvalue weighted by atomic mass is 19.1. The van der Waals surface area contributed by atoms with Crippen LogP contribution in [0.1, 0.15) is 47.1 Å². The van der Waals surface area contributed by atoms with Crippen LogP contribution >= 0.6 is 0 Å². The van der Waals surface area contributed by atoms with Gasteiger partial charge in [0.25, 0.3) is 11.8 Å². The molecule has 0 aliphatic heterocycles. The van der Waals surface area contributed by atoms with Gasteiger partial charge in [-0.3, -0.25) is 9.59 Å². The predicted molar refractivity (Wildman–Crippen MR) is 91.2 cm³/mol. The zero-order chi connectivity index (χ0) is 17.7. The average molecular weight is 328 g/mol. The molecule has 0 aliphatic rings. The van der Waals surface area contributed by atoms with Gasteiger partial charge in [-0.05, 0) is 51.1 Å². The molecule has 2 amide bonds. The van der Waals surface area contributed by atoms with Gasteiger partial charge in [0, 0.05) is 28.8 Å². The molecule has 0 aliphatic carbocycles. The number of hydrogen-bond donors (Lipinski definition) is 2. The maximum Gasteiger partial charge on any atom is 0.251 e. The van der Waals surface area contributed by atoms with Crippen LogP contribution in [0.5, 0.6) is 0 Å². The number of benzene rings is 2. The van der Waals surface area contributed by atoms with Crippen LogP contribution < -0.4 is 10.6 Å². The standard InChI is InChI=1S/C19H21FN2O2/c1-19(2,3)22-18(24)14-10-8-13(9-11-14)17(23)21-12-15-6-4-5-7-16(15)20/h4-11H,12H2,1-3H3,(H,21,23)(H,22,24). The monoisotopic (exact) mass is 328 g/mol. The number of carbonyl (C=O) groups excluding carboxylic acids is 2. The lowest BCUT2D eigenvalue weighted by molar-refractivity contribution is 0.0915. The van der Waals surface area contributed by atoms with E-state index in [1.807, 2.05) is 20.8 Å². The molecule has 5 heteroatoms. The van der Waals surface area contributed by atoms with E-state index in [0.717, 1.165) is 0 Å². The fraction of sp³-hybridized carbons (Fsp3) is 0.263. The minimum atomic E-state index is -0.355. The Labute approximate surface area is 141 Å². The lowest BCUT2D eigenvalue weighted by Gasteiger charge is -2.20. The Hall–Kier alpha value is -2.69. The van der Waals surface area contributed by atoms with Crippen molar-refractivity contribution in [1.82, 2.24) is 10.6 Å². The highest BCUT2D eigenvalue weighted by Gasteiger charge is 2.15. The minimum absolute atomic E-state index is 0.109. The molecule has 24 heavy (non-hydrogen) atoms. The van der Waals surface area contributed by atoms with E-state index < -0.39 is 0 Å². The first-order valence-corrected chi connectivity index (χ1v) is 7.70. The summed E-state index contributed by atoms with van der Waals surface area (Å²) in [6, 6.07) is 12.6. The first-order valence-electron chi connectivity index (χ1n) is 7.70. The van der Waals surface area contributed by atoms with Gasteiger partial charge in [-0.2, -0.15) is 0 Å². The molecule has 0 fully saturated rings. The summed E-state index contributed by atoms with van der Waals surface area (Å²) in [5.41, 5.74) is 0.994. The minimum Gasteiger partial charge on any atom is -0.348 e. The molecule has 2 aromatic carbocycles. The van der Waals surface area contributed by atoms with E-state index in [2.05, 4.69) is 10.6 Å². The molecule has 0 radical (unpaired) electrons. The molecule has 0 atom stereocenters. The van der Waals surface area contributed by atoms with Crippen LogP contribution in [0, 0.1) is 5.82 Å². The van der Waals surface area contributed by atoms with Crippen molar-refractivity contribution in [2.45, 2.75) is 32.9 Å². The molecule has 126 valence electrons. The Kier molecular flexibility index (Phi) is 5.34. The average Bonchev–Trinajstić information content (AvgIpc) is 2.52. The fourth-order valence-electron chi connectivity index (χ4n) is 2.11. The molecule has 0 spiro atoms. The fourth-order valence-corrected chi connectivity index (χ4v) is 2.11. The number of halogens is 1. The summed E-state index contributed by atoms with van der Waals surface area (Å²) >= 11 is 0. The molecule has 2 rings (SSSR count). The van der Waals surface area contributed by atoms with Crippen molar-refractivity contribution < 1.29 is 14.0 Å². The van der Waals surface area contributed by atoms with Gasteiger partial charge in [-0.25, -0.2) is 4.39 Å². The van der Waals surface area contributed by atoms with Gasteiger partial charge in [-0.15, -0.1) is 0 Å². The molecule has 2 N–H and O–H groups in total. The zero-order valence-corrected chi connectivity index (χ0v) is 14.0. The lowest BCUT2D eigenvalue weighted by Crippen LogP contribution is -2.40. The molecule has 0 heterocycles. The maximum atomic E-state index is 13.5. The van der Waals surface area contributed by atoms with E-state index in [-0.39, 0.29) is 29.7 Å². The highest BCUT2D eigenvalue weighted by molar-refractivity contribution is 5.98. The molecule has 0 saturated carbocycles. The molecule has 0 bridgehead atoms. The summed E-state index contributed by atoms with van der Waals surface area (Å²) in [5.74, 6) is -0.867. The third-order valence-corrected chi connectivity index (χ3v) is 3.30. The predicted octanol–water partition coefficient (Wildman–Crippen LogP) is 3.28. The molecular formula is C19H21FN2O2. The van der Waals surface area contributed by atoms with Gasteiger partial charge in [0.2, 0.25) is 0 Å². The maximum absolute atomic E-state index is 13.5. The molecular weight excluding hydrogens is 307 g/mol. The van der Waals surface area contributed by atoms with Crippen LogP contribution in [0.25, 0.3) is 0 Å². The third kappa shape index (κ3) is 4.91. The molecule has 0 unspecified atom stereocenters. The van der Waals surface area contributed by atoms with E-state index in [9.17, 15) is 14.0 Å². The second kappa shape index (κ2) is 7.25. The van der Waals surface area contributed by atoms with Crippen molar-refractivity contribution in [1.29, 1.82) is 0 Å². The normalized spacial score (nSPS) is 11.0. The van der Waals surface area contributed by atoms with E-state index >= 15 is 0 Å². The van der Waals surface area contributed by atoms with Gasteiger partial charge in [0.1, 0.15) is 5.82 Å². The van der Waals surface area contributed by atoms with Crippen molar-refractivity contribution in [2.24, 2.45) is 0 Å². The SMILES string of the molecule is CC(C)(C)NC(=O)c1ccc(C(=O)NCc2ccccc2F)cc1. The quantitative estimate of drug-likeness (QED) is 0.905. The summed E-state index contributed by atoms with van der Waals surface area (Å²) in [4.78, 5) is 24.1. The molecule has 0 aromatic heterocycles. The first-order chi connectivity index (χ1) is 11.3. The van der Waals surface area contributed by atoms with Crippen molar-refractivity contribution >= 4 is 11.8 Å². The second-order valence-electron chi connectivity index (χ2n) is 6.56. The van der Waals surface area contributed by atoms with Crippen molar-refractivity contribution in [3.05, 3.63) is 71.0 Å². The van der Waals surface area contributed by atoms with Crippen LogP contribution in [0.3, 0.4) is 0 Å². The summed E-state index contributed by atoms with van der Waals surface area (Å²) in [6.07, 6.45) is 0. The summed E-state index contributed by atoms with van der Waals surface area (Å²) in [5, 5.41) is 5.52. The molecule has 2 aromatic rings. The van der Waals surface area contributed by atoms with Gasteiger partial charge < -0.3 is 10.6 Å². The van der Waals surface area contributed by atoms with Crippen LogP contribution in [0.2, 0.25) is 0 Å². The Morgan fingerprint density at radius 2 is 1.46 bits per heavy atom.